The third-order valence-corrected chi connectivity index (χ3v) is 2.95. The second kappa shape index (κ2) is 5.50. The van der Waals surface area contributed by atoms with Crippen molar-refractivity contribution in [1.82, 2.24) is 5.32 Å². The molecule has 1 heterocycles. The highest BCUT2D eigenvalue weighted by Gasteiger charge is 2.24. The Kier molecular flexibility index (Phi) is 3.78. The first-order valence-electron chi connectivity index (χ1n) is 5.10. The average Bonchev–Trinajstić information content (AvgIpc) is 2.67. The van der Waals surface area contributed by atoms with Gasteiger partial charge in [0.25, 0.3) is 11.1 Å². The Morgan fingerprint density at radius 3 is 2.50 bits per heavy atom. The fourth-order valence-electron chi connectivity index (χ4n) is 1.36. The van der Waals surface area contributed by atoms with E-state index in [2.05, 4.69) is 5.32 Å². The van der Waals surface area contributed by atoms with Gasteiger partial charge in [0.05, 0.1) is 4.91 Å². The summed E-state index contributed by atoms with van der Waals surface area (Å²) in [5.74, 6) is 0.190. The molecule has 1 N–H and O–H groups in total. The van der Waals surface area contributed by atoms with Crippen molar-refractivity contribution >= 4 is 35.3 Å². The predicted octanol–water partition coefficient (Wildman–Crippen LogP) is 1.59. The molecule has 0 atom stereocenters. The van der Waals surface area contributed by atoms with Gasteiger partial charge in [0.1, 0.15) is 12.4 Å². The van der Waals surface area contributed by atoms with Crippen molar-refractivity contribution in [1.29, 1.82) is 0 Å². The minimum atomic E-state index is -0.383. The van der Waals surface area contributed by atoms with E-state index in [-0.39, 0.29) is 17.8 Å². The number of aldehydes is 1. The maximum Gasteiger partial charge on any atom is 0.290 e. The number of rotatable bonds is 4. The summed E-state index contributed by atoms with van der Waals surface area (Å²) < 4.78 is 5.09. The number of thioether (sulfide) groups is 1. The molecule has 0 aromatic heterocycles. The van der Waals surface area contributed by atoms with Crippen LogP contribution in [0.15, 0.2) is 29.2 Å². The maximum absolute atomic E-state index is 11.3. The van der Waals surface area contributed by atoms with E-state index in [1.165, 1.54) is 0 Å². The van der Waals surface area contributed by atoms with Crippen molar-refractivity contribution in [2.24, 2.45) is 0 Å². The number of amides is 2. The first kappa shape index (κ1) is 12.4. The summed E-state index contributed by atoms with van der Waals surface area (Å²) in [5.41, 5.74) is 0.779. The topological polar surface area (TPSA) is 72.5 Å². The second-order valence-electron chi connectivity index (χ2n) is 3.40. The molecular weight excluding hydrogens is 254 g/mol. The summed E-state index contributed by atoms with van der Waals surface area (Å²) in [6.07, 6.45) is 2.29. The van der Waals surface area contributed by atoms with Crippen LogP contribution < -0.4 is 10.1 Å². The van der Waals surface area contributed by atoms with E-state index >= 15 is 0 Å². The van der Waals surface area contributed by atoms with Crippen molar-refractivity contribution in [3.63, 3.8) is 0 Å². The van der Waals surface area contributed by atoms with Gasteiger partial charge < -0.3 is 4.74 Å². The second-order valence-corrected chi connectivity index (χ2v) is 4.41. The minimum absolute atomic E-state index is 0.00714. The first-order chi connectivity index (χ1) is 8.69. The van der Waals surface area contributed by atoms with Crippen LogP contribution in [0, 0.1) is 0 Å². The van der Waals surface area contributed by atoms with Crippen LogP contribution in [0.1, 0.15) is 5.56 Å². The Bertz CT molecular complexity index is 521. The highest BCUT2D eigenvalue weighted by atomic mass is 32.2. The third kappa shape index (κ3) is 2.98. The molecule has 2 amide bonds. The molecule has 1 aliphatic heterocycles. The Morgan fingerprint density at radius 2 is 1.94 bits per heavy atom. The molecule has 1 saturated heterocycles. The smallest absolute Gasteiger partial charge is 0.290 e. The van der Waals surface area contributed by atoms with Gasteiger partial charge in [-0.15, -0.1) is 0 Å². The number of carbonyl (C=O) groups excluding carboxylic acids is 3. The van der Waals surface area contributed by atoms with Gasteiger partial charge in [0, 0.05) is 0 Å². The number of carbonyl (C=O) groups is 3. The SMILES string of the molecule is O=CCOc1ccc(/C=C2\SC(=O)NC2=O)cc1. The molecule has 1 fully saturated rings. The molecule has 5 nitrogen and oxygen atoms in total. The Morgan fingerprint density at radius 1 is 1.22 bits per heavy atom. The van der Waals surface area contributed by atoms with Crippen molar-refractivity contribution < 1.29 is 19.1 Å². The molecule has 6 heteroatoms. The summed E-state index contributed by atoms with van der Waals surface area (Å²) >= 11 is 0.871. The summed E-state index contributed by atoms with van der Waals surface area (Å²) in [4.78, 5) is 32.8. The zero-order valence-electron chi connectivity index (χ0n) is 9.21. The van der Waals surface area contributed by atoms with E-state index < -0.39 is 0 Å². The molecule has 0 spiro atoms. The van der Waals surface area contributed by atoms with Crippen molar-refractivity contribution in [2.45, 2.75) is 0 Å². The van der Waals surface area contributed by atoms with Gasteiger partial charge in [-0.1, -0.05) is 12.1 Å². The van der Waals surface area contributed by atoms with E-state index in [0.717, 1.165) is 17.3 Å². The summed E-state index contributed by atoms with van der Waals surface area (Å²) in [7, 11) is 0. The number of ether oxygens (including phenoxy) is 1. The molecule has 1 aromatic carbocycles. The van der Waals surface area contributed by atoms with Crippen LogP contribution in [0.25, 0.3) is 6.08 Å². The zero-order valence-corrected chi connectivity index (χ0v) is 10.0. The lowest BCUT2D eigenvalue weighted by Gasteiger charge is -2.02. The number of hydrogen-bond acceptors (Lipinski definition) is 5. The third-order valence-electron chi connectivity index (χ3n) is 2.14. The molecular formula is C12H9NO4S. The number of hydrogen-bond donors (Lipinski definition) is 1. The van der Waals surface area contributed by atoms with Crippen LogP contribution in [-0.4, -0.2) is 24.0 Å². The van der Waals surface area contributed by atoms with Gasteiger partial charge in [-0.2, -0.15) is 0 Å². The monoisotopic (exact) mass is 263 g/mol. The Hall–Kier alpha value is -2.08. The summed E-state index contributed by atoms with van der Waals surface area (Å²) in [5, 5.41) is 1.82. The maximum atomic E-state index is 11.3. The lowest BCUT2D eigenvalue weighted by atomic mass is 10.2. The summed E-state index contributed by atoms with van der Waals surface area (Å²) in [6, 6.07) is 6.86. The first-order valence-corrected chi connectivity index (χ1v) is 5.92. The quantitative estimate of drug-likeness (QED) is 0.659. The van der Waals surface area contributed by atoms with E-state index in [1.807, 2.05) is 0 Å². The molecule has 0 unspecified atom stereocenters. The van der Waals surface area contributed by atoms with Crippen molar-refractivity contribution in [3.8, 4) is 5.75 Å². The zero-order chi connectivity index (χ0) is 13.0. The summed E-state index contributed by atoms with van der Waals surface area (Å²) in [6.45, 7) is 0.00714. The molecule has 0 radical (unpaired) electrons. The Balaban J connectivity index is 2.10. The van der Waals surface area contributed by atoms with Crippen LogP contribution in [0.3, 0.4) is 0 Å². The molecule has 18 heavy (non-hydrogen) atoms. The van der Waals surface area contributed by atoms with E-state index in [4.69, 9.17) is 4.74 Å². The van der Waals surface area contributed by atoms with Crippen LogP contribution in [0.4, 0.5) is 4.79 Å². The molecule has 92 valence electrons. The number of benzene rings is 1. The average molecular weight is 263 g/mol. The van der Waals surface area contributed by atoms with Crippen LogP contribution in [0.5, 0.6) is 5.75 Å². The van der Waals surface area contributed by atoms with Gasteiger partial charge in [0.2, 0.25) is 0 Å². The lowest BCUT2D eigenvalue weighted by molar-refractivity contribution is -0.115. The Labute approximate surface area is 107 Å². The number of nitrogens with one attached hydrogen (secondary N) is 1. The van der Waals surface area contributed by atoms with Crippen LogP contribution in [-0.2, 0) is 9.59 Å². The van der Waals surface area contributed by atoms with Crippen LogP contribution >= 0.6 is 11.8 Å². The molecule has 0 aliphatic carbocycles. The standard InChI is InChI=1S/C12H9NO4S/c14-5-6-17-9-3-1-8(2-4-9)7-10-11(15)13-12(16)18-10/h1-5,7H,6H2,(H,13,15,16)/b10-7-. The van der Waals surface area contributed by atoms with Crippen molar-refractivity contribution in [2.75, 3.05) is 6.61 Å². The molecule has 1 aliphatic rings. The minimum Gasteiger partial charge on any atom is -0.486 e. The fourth-order valence-corrected chi connectivity index (χ4v) is 2.05. The van der Waals surface area contributed by atoms with E-state index in [9.17, 15) is 14.4 Å². The number of imide groups is 1. The lowest BCUT2D eigenvalue weighted by Crippen LogP contribution is -2.17. The predicted molar refractivity (Wildman–Crippen MR) is 67.1 cm³/mol. The molecule has 1 aromatic rings. The van der Waals surface area contributed by atoms with Gasteiger partial charge in [0.15, 0.2) is 6.29 Å². The fraction of sp³-hybridized carbons (Fsp3) is 0.0833. The van der Waals surface area contributed by atoms with E-state index in [0.29, 0.717) is 16.9 Å². The molecule has 2 rings (SSSR count). The molecule has 0 bridgehead atoms. The highest BCUT2D eigenvalue weighted by molar-refractivity contribution is 8.18. The van der Waals surface area contributed by atoms with Gasteiger partial charge in [-0.05, 0) is 35.5 Å². The van der Waals surface area contributed by atoms with Gasteiger partial charge >= 0.3 is 0 Å². The van der Waals surface area contributed by atoms with Crippen LogP contribution in [0.2, 0.25) is 0 Å². The highest BCUT2D eigenvalue weighted by Crippen LogP contribution is 2.26. The largest absolute Gasteiger partial charge is 0.486 e. The van der Waals surface area contributed by atoms with Gasteiger partial charge in [-0.25, -0.2) is 0 Å². The van der Waals surface area contributed by atoms with Crippen molar-refractivity contribution in [3.05, 3.63) is 34.7 Å². The van der Waals surface area contributed by atoms with Gasteiger partial charge in [-0.3, -0.25) is 19.7 Å². The normalized spacial score (nSPS) is 16.8. The van der Waals surface area contributed by atoms with E-state index in [1.54, 1.807) is 30.3 Å². The molecule has 0 saturated carbocycles.